The summed E-state index contributed by atoms with van der Waals surface area (Å²) in [5.74, 6) is -0.304. The van der Waals surface area contributed by atoms with Crippen LogP contribution in [0.25, 0.3) is 0 Å². The molecule has 0 aromatic heterocycles. The molecule has 0 radical (unpaired) electrons. The molecule has 1 aliphatic rings. The summed E-state index contributed by atoms with van der Waals surface area (Å²) in [5.41, 5.74) is 6.38. The molecule has 0 spiro atoms. The van der Waals surface area contributed by atoms with Gasteiger partial charge >= 0.3 is 6.09 Å². The van der Waals surface area contributed by atoms with Crippen molar-refractivity contribution >= 4 is 17.5 Å². The lowest BCUT2D eigenvalue weighted by molar-refractivity contribution is 0.00210. The quantitative estimate of drug-likeness (QED) is 0.756. The zero-order valence-electron chi connectivity index (χ0n) is 17.3. The Bertz CT molecular complexity index is 639. The fourth-order valence-electron chi connectivity index (χ4n) is 3.81. The minimum absolute atomic E-state index is 0.0173. The van der Waals surface area contributed by atoms with Crippen LogP contribution in [0.2, 0.25) is 0 Å². The number of piperidine rings is 1. The van der Waals surface area contributed by atoms with Crippen LogP contribution in [0.5, 0.6) is 0 Å². The normalized spacial score (nSPS) is 20.4. The predicted octanol–water partition coefficient (Wildman–Crippen LogP) is 4.66. The number of benzene rings is 1. The minimum atomic E-state index is -0.494. The molecule has 1 fully saturated rings. The molecule has 2 N–H and O–H groups in total. The van der Waals surface area contributed by atoms with Crippen LogP contribution in [-0.4, -0.2) is 43.3 Å². The van der Waals surface area contributed by atoms with Gasteiger partial charge in [-0.15, -0.1) is 0 Å². The third-order valence-corrected chi connectivity index (χ3v) is 5.44. The van der Waals surface area contributed by atoms with Gasteiger partial charge in [0.25, 0.3) is 0 Å². The molecule has 1 heterocycles. The largest absolute Gasteiger partial charge is 0.444 e. The molecular formula is C21H34FN3O2. The zero-order valence-corrected chi connectivity index (χ0v) is 17.3. The van der Waals surface area contributed by atoms with Crippen LogP contribution in [0.15, 0.2) is 18.2 Å². The van der Waals surface area contributed by atoms with Crippen molar-refractivity contribution in [2.24, 2.45) is 5.41 Å². The second kappa shape index (κ2) is 8.36. The summed E-state index contributed by atoms with van der Waals surface area (Å²) >= 11 is 0. The molecule has 0 aliphatic carbocycles. The van der Waals surface area contributed by atoms with E-state index in [4.69, 9.17) is 10.5 Å². The number of likely N-dealkylation sites (tertiary alicyclic amines) is 1. The van der Waals surface area contributed by atoms with Gasteiger partial charge in [-0.25, -0.2) is 9.18 Å². The highest BCUT2D eigenvalue weighted by molar-refractivity contribution is 5.68. The van der Waals surface area contributed by atoms with Gasteiger partial charge < -0.3 is 20.3 Å². The van der Waals surface area contributed by atoms with Crippen LogP contribution < -0.4 is 10.6 Å². The summed E-state index contributed by atoms with van der Waals surface area (Å²) in [6.45, 7) is 9.91. The number of nitrogens with zero attached hydrogens (tertiary/aromatic N) is 2. The second-order valence-corrected chi connectivity index (χ2v) is 8.71. The first-order chi connectivity index (χ1) is 12.6. The zero-order chi connectivity index (χ0) is 20.2. The molecule has 2 rings (SSSR count). The van der Waals surface area contributed by atoms with Crippen molar-refractivity contribution in [1.82, 2.24) is 4.90 Å². The standard InChI is InChI=1S/C21H34FN3O2/c1-6-21(11-8-13-25(15-21)19(26)27-20(2,3)4)12-14-24(5)18-16(22)9-7-10-17(18)23/h7,9-10H,6,8,11-15,23H2,1-5H3. The summed E-state index contributed by atoms with van der Waals surface area (Å²) in [7, 11) is 1.87. The van der Waals surface area contributed by atoms with E-state index in [0.717, 1.165) is 32.2 Å². The second-order valence-electron chi connectivity index (χ2n) is 8.71. The third-order valence-electron chi connectivity index (χ3n) is 5.44. The van der Waals surface area contributed by atoms with Crippen LogP contribution in [-0.2, 0) is 4.74 Å². The lowest BCUT2D eigenvalue weighted by Crippen LogP contribution is -2.48. The van der Waals surface area contributed by atoms with E-state index in [9.17, 15) is 9.18 Å². The highest BCUT2D eigenvalue weighted by atomic mass is 19.1. The van der Waals surface area contributed by atoms with E-state index < -0.39 is 5.60 Å². The molecule has 1 unspecified atom stereocenters. The van der Waals surface area contributed by atoms with Crippen LogP contribution >= 0.6 is 0 Å². The SMILES string of the molecule is CCC1(CCN(C)c2c(N)cccc2F)CCCN(C(=O)OC(C)(C)C)C1. The van der Waals surface area contributed by atoms with Crippen molar-refractivity contribution in [3.05, 3.63) is 24.0 Å². The molecule has 27 heavy (non-hydrogen) atoms. The molecule has 152 valence electrons. The van der Waals surface area contributed by atoms with Crippen LogP contribution in [0.3, 0.4) is 0 Å². The van der Waals surface area contributed by atoms with Crippen molar-refractivity contribution in [2.75, 3.05) is 37.3 Å². The Morgan fingerprint density at radius 2 is 2.11 bits per heavy atom. The van der Waals surface area contributed by atoms with E-state index >= 15 is 0 Å². The first-order valence-corrected chi connectivity index (χ1v) is 9.80. The number of hydrogen-bond acceptors (Lipinski definition) is 4. The van der Waals surface area contributed by atoms with Crippen LogP contribution in [0.4, 0.5) is 20.6 Å². The Morgan fingerprint density at radius 1 is 1.41 bits per heavy atom. The van der Waals surface area contributed by atoms with Gasteiger partial charge in [-0.3, -0.25) is 0 Å². The van der Waals surface area contributed by atoms with Crippen molar-refractivity contribution in [3.8, 4) is 0 Å². The monoisotopic (exact) mass is 379 g/mol. The number of nitrogen functional groups attached to an aromatic ring is 1. The Labute approximate surface area is 162 Å². The molecule has 1 atom stereocenters. The van der Waals surface area contributed by atoms with Gasteiger partial charge in [0, 0.05) is 26.7 Å². The number of para-hydroxylation sites is 1. The summed E-state index contributed by atoms with van der Waals surface area (Å²) in [4.78, 5) is 16.2. The molecular weight excluding hydrogens is 345 g/mol. The maximum Gasteiger partial charge on any atom is 0.410 e. The van der Waals surface area contributed by atoms with E-state index in [1.165, 1.54) is 6.07 Å². The van der Waals surface area contributed by atoms with Gasteiger partial charge in [0.15, 0.2) is 0 Å². The van der Waals surface area contributed by atoms with Crippen LogP contribution in [0, 0.1) is 11.2 Å². The van der Waals surface area contributed by atoms with Gasteiger partial charge in [0.2, 0.25) is 0 Å². The van der Waals surface area contributed by atoms with Gasteiger partial charge in [-0.2, -0.15) is 0 Å². The molecule has 1 saturated heterocycles. The van der Waals surface area contributed by atoms with Crippen molar-refractivity contribution < 1.29 is 13.9 Å². The lowest BCUT2D eigenvalue weighted by atomic mass is 9.75. The Morgan fingerprint density at radius 3 is 2.70 bits per heavy atom. The molecule has 6 heteroatoms. The van der Waals surface area contributed by atoms with Gasteiger partial charge in [0.1, 0.15) is 11.4 Å². The predicted molar refractivity (Wildman–Crippen MR) is 108 cm³/mol. The Kier molecular flexibility index (Phi) is 6.60. The molecule has 0 bridgehead atoms. The van der Waals surface area contributed by atoms with Crippen LogP contribution in [0.1, 0.15) is 53.4 Å². The number of rotatable bonds is 5. The van der Waals surface area contributed by atoms with Crippen molar-refractivity contribution in [1.29, 1.82) is 0 Å². The van der Waals surface area contributed by atoms with Gasteiger partial charge in [-0.05, 0) is 64.0 Å². The number of halogens is 1. The molecule has 1 aliphatic heterocycles. The highest BCUT2D eigenvalue weighted by Crippen LogP contribution is 2.38. The Balaban J connectivity index is 2.05. The molecule has 5 nitrogen and oxygen atoms in total. The number of nitrogens with two attached hydrogens (primary N) is 1. The number of hydrogen-bond donors (Lipinski definition) is 1. The number of amides is 1. The first kappa shape index (κ1) is 21.3. The van der Waals surface area contributed by atoms with Gasteiger partial charge in [-0.1, -0.05) is 13.0 Å². The summed E-state index contributed by atoms with van der Waals surface area (Å²) in [5, 5.41) is 0. The van der Waals surface area contributed by atoms with E-state index in [-0.39, 0.29) is 17.3 Å². The first-order valence-electron chi connectivity index (χ1n) is 9.80. The third kappa shape index (κ3) is 5.50. The molecule has 1 aromatic carbocycles. The Hall–Kier alpha value is -1.98. The average molecular weight is 380 g/mol. The smallest absolute Gasteiger partial charge is 0.410 e. The number of anilines is 2. The highest BCUT2D eigenvalue weighted by Gasteiger charge is 2.37. The van der Waals surface area contributed by atoms with E-state index in [2.05, 4.69) is 6.92 Å². The molecule has 1 amide bonds. The lowest BCUT2D eigenvalue weighted by Gasteiger charge is -2.43. The topological polar surface area (TPSA) is 58.8 Å². The maximum atomic E-state index is 14.2. The van der Waals surface area contributed by atoms with E-state index in [1.807, 2.05) is 37.6 Å². The summed E-state index contributed by atoms with van der Waals surface area (Å²) in [6.07, 6.45) is 3.61. The summed E-state index contributed by atoms with van der Waals surface area (Å²) < 4.78 is 19.7. The van der Waals surface area contributed by atoms with Crippen molar-refractivity contribution in [2.45, 2.75) is 59.0 Å². The minimum Gasteiger partial charge on any atom is -0.444 e. The molecule has 1 aromatic rings. The van der Waals surface area contributed by atoms with E-state index in [0.29, 0.717) is 24.5 Å². The fourth-order valence-corrected chi connectivity index (χ4v) is 3.81. The number of ether oxygens (including phenoxy) is 1. The van der Waals surface area contributed by atoms with Crippen molar-refractivity contribution in [3.63, 3.8) is 0 Å². The van der Waals surface area contributed by atoms with Gasteiger partial charge in [0.05, 0.1) is 11.4 Å². The average Bonchev–Trinajstić information content (AvgIpc) is 2.58. The number of carbonyl (C=O) groups excluding carboxylic acids is 1. The fraction of sp³-hybridized carbons (Fsp3) is 0.667. The number of carbonyl (C=O) groups is 1. The van der Waals surface area contributed by atoms with E-state index in [1.54, 1.807) is 12.1 Å². The summed E-state index contributed by atoms with van der Waals surface area (Å²) in [6, 6.07) is 4.77. The molecule has 0 saturated carbocycles. The maximum absolute atomic E-state index is 14.2.